The van der Waals surface area contributed by atoms with Crippen molar-refractivity contribution in [3.63, 3.8) is 0 Å². The van der Waals surface area contributed by atoms with E-state index >= 15 is 0 Å². The average molecular weight is 225 g/mol. The van der Waals surface area contributed by atoms with Gasteiger partial charge in [-0.05, 0) is 14.0 Å². The molecule has 0 atom stereocenters. The molecule has 0 aromatic carbocycles. The molecule has 0 aliphatic heterocycles. The number of hydrogen-bond acceptors (Lipinski definition) is 4. The molecule has 0 saturated heterocycles. The molecule has 90 valence electrons. The molecule has 0 N–H and O–H groups in total. The molecule has 0 unspecified atom stereocenters. The molecule has 0 radical (unpaired) electrons. The number of rotatable bonds is 7. The largest absolute Gasteiger partial charge is 0.466 e. The van der Waals surface area contributed by atoms with Crippen molar-refractivity contribution in [2.75, 3.05) is 26.7 Å². The predicted molar refractivity (Wildman–Crippen MR) is 61.0 cm³/mol. The van der Waals surface area contributed by atoms with Gasteiger partial charge in [-0.15, -0.1) is 0 Å². The molecule has 5 heteroatoms. The smallest absolute Gasteiger partial charge is 0.307 e. The van der Waals surface area contributed by atoms with Crippen LogP contribution in [0, 0.1) is 0 Å². The Bertz CT molecular complexity index is 298. The summed E-state index contributed by atoms with van der Waals surface area (Å²) in [6.45, 7) is 4.79. The highest BCUT2D eigenvalue weighted by Gasteiger charge is 2.04. The van der Waals surface area contributed by atoms with E-state index in [0.717, 1.165) is 19.6 Å². The third kappa shape index (κ3) is 4.93. The van der Waals surface area contributed by atoms with E-state index in [1.807, 2.05) is 24.7 Å². The van der Waals surface area contributed by atoms with Gasteiger partial charge in [0.25, 0.3) is 0 Å². The van der Waals surface area contributed by atoms with Crippen LogP contribution < -0.4 is 0 Å². The SMILES string of the molecule is CCOC(=O)CCN(C)CCn1ccnc1. The van der Waals surface area contributed by atoms with Crippen molar-refractivity contribution in [1.29, 1.82) is 0 Å². The van der Waals surface area contributed by atoms with Crippen LogP contribution in [0.3, 0.4) is 0 Å². The van der Waals surface area contributed by atoms with Crippen molar-refractivity contribution < 1.29 is 9.53 Å². The highest BCUT2D eigenvalue weighted by molar-refractivity contribution is 5.69. The van der Waals surface area contributed by atoms with E-state index in [1.165, 1.54) is 0 Å². The van der Waals surface area contributed by atoms with Crippen LogP contribution in [-0.4, -0.2) is 47.2 Å². The van der Waals surface area contributed by atoms with Gasteiger partial charge in [0.15, 0.2) is 0 Å². The first-order valence-electron chi connectivity index (χ1n) is 5.52. The molecule has 1 aromatic heterocycles. The maximum absolute atomic E-state index is 11.1. The van der Waals surface area contributed by atoms with Crippen molar-refractivity contribution in [2.45, 2.75) is 19.9 Å². The number of ether oxygens (including phenoxy) is 1. The quantitative estimate of drug-likeness (QED) is 0.643. The summed E-state index contributed by atoms with van der Waals surface area (Å²) in [6, 6.07) is 0. The van der Waals surface area contributed by atoms with Gasteiger partial charge < -0.3 is 14.2 Å². The van der Waals surface area contributed by atoms with Crippen LogP contribution in [0.1, 0.15) is 13.3 Å². The third-order valence-corrected chi connectivity index (χ3v) is 2.30. The fraction of sp³-hybridized carbons (Fsp3) is 0.636. The molecular weight excluding hydrogens is 206 g/mol. The van der Waals surface area contributed by atoms with Crippen LogP contribution in [0.15, 0.2) is 18.7 Å². The molecule has 0 saturated carbocycles. The minimum absolute atomic E-state index is 0.128. The van der Waals surface area contributed by atoms with Crippen LogP contribution >= 0.6 is 0 Å². The number of nitrogens with zero attached hydrogens (tertiary/aromatic N) is 3. The van der Waals surface area contributed by atoms with Gasteiger partial charge in [0.05, 0.1) is 19.4 Å². The molecule has 1 heterocycles. The van der Waals surface area contributed by atoms with E-state index in [4.69, 9.17) is 4.74 Å². The molecule has 0 fully saturated rings. The molecule has 1 rings (SSSR count). The average Bonchev–Trinajstić information content (AvgIpc) is 2.77. The Morgan fingerprint density at radius 3 is 2.94 bits per heavy atom. The van der Waals surface area contributed by atoms with Gasteiger partial charge in [-0.25, -0.2) is 4.98 Å². The molecule has 1 aromatic rings. The van der Waals surface area contributed by atoms with Gasteiger partial charge in [-0.1, -0.05) is 0 Å². The normalized spacial score (nSPS) is 10.7. The first-order chi connectivity index (χ1) is 7.72. The Hall–Kier alpha value is -1.36. The number of carbonyl (C=O) groups is 1. The van der Waals surface area contributed by atoms with E-state index < -0.39 is 0 Å². The second kappa shape index (κ2) is 7.00. The van der Waals surface area contributed by atoms with Gasteiger partial charge in [-0.3, -0.25) is 4.79 Å². The predicted octanol–water partition coefficient (Wildman–Crippen LogP) is 0.768. The lowest BCUT2D eigenvalue weighted by Crippen LogP contribution is -2.26. The molecule has 0 aliphatic rings. The minimum atomic E-state index is -0.128. The molecule has 16 heavy (non-hydrogen) atoms. The lowest BCUT2D eigenvalue weighted by molar-refractivity contribution is -0.143. The third-order valence-electron chi connectivity index (χ3n) is 2.30. The Morgan fingerprint density at radius 1 is 1.50 bits per heavy atom. The van der Waals surface area contributed by atoms with Crippen LogP contribution in [0.4, 0.5) is 0 Å². The zero-order valence-electron chi connectivity index (χ0n) is 9.93. The molecule has 5 nitrogen and oxygen atoms in total. The van der Waals surface area contributed by atoms with Gasteiger partial charge in [-0.2, -0.15) is 0 Å². The summed E-state index contributed by atoms with van der Waals surface area (Å²) in [7, 11) is 2.00. The summed E-state index contributed by atoms with van der Waals surface area (Å²) >= 11 is 0. The summed E-state index contributed by atoms with van der Waals surface area (Å²) in [4.78, 5) is 17.2. The highest BCUT2D eigenvalue weighted by Crippen LogP contribution is 1.93. The van der Waals surface area contributed by atoms with Crippen LogP contribution in [-0.2, 0) is 16.1 Å². The maximum Gasteiger partial charge on any atom is 0.307 e. The Kier molecular flexibility index (Phi) is 5.56. The Labute approximate surface area is 96.0 Å². The number of hydrogen-bond donors (Lipinski definition) is 0. The van der Waals surface area contributed by atoms with Crippen LogP contribution in [0.2, 0.25) is 0 Å². The highest BCUT2D eigenvalue weighted by atomic mass is 16.5. The zero-order chi connectivity index (χ0) is 11.8. The second-order valence-corrected chi connectivity index (χ2v) is 3.66. The van der Waals surface area contributed by atoms with E-state index in [2.05, 4.69) is 9.88 Å². The fourth-order valence-corrected chi connectivity index (χ4v) is 1.33. The number of aromatic nitrogens is 2. The van der Waals surface area contributed by atoms with Gasteiger partial charge in [0, 0.05) is 32.0 Å². The number of carbonyl (C=O) groups excluding carboxylic acids is 1. The lowest BCUT2D eigenvalue weighted by Gasteiger charge is -2.15. The zero-order valence-corrected chi connectivity index (χ0v) is 9.93. The summed E-state index contributed by atoms with van der Waals surface area (Å²) in [6.07, 6.45) is 5.94. The topological polar surface area (TPSA) is 47.4 Å². The van der Waals surface area contributed by atoms with Gasteiger partial charge in [0.2, 0.25) is 0 Å². The lowest BCUT2D eigenvalue weighted by atomic mass is 10.4. The summed E-state index contributed by atoms with van der Waals surface area (Å²) in [5, 5.41) is 0. The van der Waals surface area contributed by atoms with Crippen LogP contribution in [0.5, 0.6) is 0 Å². The monoisotopic (exact) mass is 225 g/mol. The van der Waals surface area contributed by atoms with Gasteiger partial charge >= 0.3 is 5.97 Å². The molecule has 0 spiro atoms. The first-order valence-corrected chi connectivity index (χ1v) is 5.52. The van der Waals surface area contributed by atoms with Crippen molar-refractivity contribution >= 4 is 5.97 Å². The minimum Gasteiger partial charge on any atom is -0.466 e. The van der Waals surface area contributed by atoms with Gasteiger partial charge in [0.1, 0.15) is 0 Å². The van der Waals surface area contributed by atoms with E-state index in [-0.39, 0.29) is 5.97 Å². The molecule has 0 aliphatic carbocycles. The molecule has 0 amide bonds. The van der Waals surface area contributed by atoms with E-state index in [0.29, 0.717) is 13.0 Å². The fourth-order valence-electron chi connectivity index (χ4n) is 1.33. The standard InChI is InChI=1S/C11H19N3O2/c1-3-16-11(15)4-6-13(2)8-9-14-7-5-12-10-14/h5,7,10H,3-4,6,8-9H2,1-2H3. The van der Waals surface area contributed by atoms with Crippen molar-refractivity contribution in [1.82, 2.24) is 14.5 Å². The number of esters is 1. The summed E-state index contributed by atoms with van der Waals surface area (Å²) < 4.78 is 6.88. The maximum atomic E-state index is 11.1. The number of likely N-dealkylation sites (N-methyl/N-ethyl adjacent to an activating group) is 1. The summed E-state index contributed by atoms with van der Waals surface area (Å²) in [5.74, 6) is -0.128. The second-order valence-electron chi connectivity index (χ2n) is 3.66. The molecule has 0 bridgehead atoms. The Balaban J connectivity index is 2.11. The Morgan fingerprint density at radius 2 is 2.31 bits per heavy atom. The van der Waals surface area contributed by atoms with Crippen molar-refractivity contribution in [3.8, 4) is 0 Å². The number of imidazole rings is 1. The molecular formula is C11H19N3O2. The van der Waals surface area contributed by atoms with Crippen molar-refractivity contribution in [3.05, 3.63) is 18.7 Å². The first kappa shape index (κ1) is 12.7. The van der Waals surface area contributed by atoms with E-state index in [9.17, 15) is 4.79 Å². The van der Waals surface area contributed by atoms with E-state index in [1.54, 1.807) is 12.5 Å². The van der Waals surface area contributed by atoms with Crippen LogP contribution in [0.25, 0.3) is 0 Å². The summed E-state index contributed by atoms with van der Waals surface area (Å²) in [5.41, 5.74) is 0. The van der Waals surface area contributed by atoms with Crippen molar-refractivity contribution in [2.24, 2.45) is 0 Å².